The lowest BCUT2D eigenvalue weighted by molar-refractivity contribution is -0.134. The van der Waals surface area contributed by atoms with E-state index in [1.165, 1.54) is 5.56 Å². The van der Waals surface area contributed by atoms with E-state index in [9.17, 15) is 9.59 Å². The third-order valence-electron chi connectivity index (χ3n) is 6.07. The maximum absolute atomic E-state index is 13.3. The first kappa shape index (κ1) is 22.5. The molecule has 33 heavy (non-hydrogen) atoms. The molecule has 0 saturated carbocycles. The van der Waals surface area contributed by atoms with E-state index >= 15 is 0 Å². The first-order chi connectivity index (χ1) is 16.1. The average Bonchev–Trinajstić information content (AvgIpc) is 3.00. The molecule has 0 N–H and O–H groups in total. The van der Waals surface area contributed by atoms with Crippen molar-refractivity contribution in [2.24, 2.45) is 5.92 Å². The van der Waals surface area contributed by atoms with Crippen molar-refractivity contribution in [3.63, 3.8) is 0 Å². The van der Waals surface area contributed by atoms with E-state index in [1.54, 1.807) is 18.5 Å². The van der Waals surface area contributed by atoms with Gasteiger partial charge in [-0.15, -0.1) is 6.58 Å². The molecule has 168 valence electrons. The summed E-state index contributed by atoms with van der Waals surface area (Å²) in [4.78, 5) is 34.1. The molecule has 1 aliphatic rings. The third-order valence-corrected chi connectivity index (χ3v) is 6.07. The van der Waals surface area contributed by atoms with Crippen molar-refractivity contribution in [2.45, 2.75) is 12.8 Å². The summed E-state index contributed by atoms with van der Waals surface area (Å²) in [5.41, 5.74) is 4.29. The molecule has 1 aliphatic heterocycles. The number of carbonyl (C=O) groups excluding carboxylic acids is 2. The summed E-state index contributed by atoms with van der Waals surface area (Å²) < 4.78 is 0. The minimum Gasteiger partial charge on any atom is -0.340 e. The smallest absolute Gasteiger partial charge is 0.228 e. The van der Waals surface area contributed by atoms with Gasteiger partial charge < -0.3 is 9.80 Å². The number of rotatable bonds is 7. The number of hydrogen-bond donors (Lipinski definition) is 0. The maximum atomic E-state index is 13.3. The zero-order valence-corrected chi connectivity index (χ0v) is 18.8. The molecule has 4 rings (SSSR count). The van der Waals surface area contributed by atoms with Crippen LogP contribution in [0.1, 0.15) is 11.1 Å². The van der Waals surface area contributed by atoms with Crippen LogP contribution in [0.5, 0.6) is 0 Å². The van der Waals surface area contributed by atoms with Crippen molar-refractivity contribution in [1.82, 2.24) is 14.8 Å². The van der Waals surface area contributed by atoms with Gasteiger partial charge in [0.25, 0.3) is 0 Å². The van der Waals surface area contributed by atoms with Crippen LogP contribution in [0.15, 0.2) is 91.8 Å². The first-order valence-corrected chi connectivity index (χ1v) is 11.3. The van der Waals surface area contributed by atoms with Gasteiger partial charge >= 0.3 is 0 Å². The van der Waals surface area contributed by atoms with Gasteiger partial charge in [-0.2, -0.15) is 0 Å². The number of hydrogen-bond acceptors (Lipinski definition) is 3. The van der Waals surface area contributed by atoms with Gasteiger partial charge in [0.15, 0.2) is 0 Å². The van der Waals surface area contributed by atoms with Gasteiger partial charge in [0.1, 0.15) is 0 Å². The predicted octanol–water partition coefficient (Wildman–Crippen LogP) is 4.01. The van der Waals surface area contributed by atoms with Crippen LogP contribution in [0.2, 0.25) is 0 Å². The zero-order chi connectivity index (χ0) is 23.0. The van der Waals surface area contributed by atoms with Crippen LogP contribution in [0.25, 0.3) is 11.1 Å². The van der Waals surface area contributed by atoms with E-state index in [0.717, 1.165) is 16.7 Å². The Morgan fingerprint density at radius 3 is 2.42 bits per heavy atom. The fourth-order valence-electron chi connectivity index (χ4n) is 4.30. The molecule has 0 radical (unpaired) electrons. The molecular formula is C28H29N3O2. The molecule has 2 amide bonds. The second-order valence-electron chi connectivity index (χ2n) is 8.41. The second-order valence-corrected chi connectivity index (χ2v) is 8.41. The van der Waals surface area contributed by atoms with Gasteiger partial charge in [0.05, 0.1) is 12.3 Å². The molecule has 0 aliphatic carbocycles. The number of amides is 2. The fourth-order valence-corrected chi connectivity index (χ4v) is 4.30. The molecule has 1 aromatic heterocycles. The number of pyridine rings is 1. The average molecular weight is 440 g/mol. The van der Waals surface area contributed by atoms with Crippen molar-refractivity contribution in [3.05, 3.63) is 103 Å². The summed E-state index contributed by atoms with van der Waals surface area (Å²) in [7, 11) is 0. The molecule has 1 saturated heterocycles. The van der Waals surface area contributed by atoms with Crippen molar-refractivity contribution < 1.29 is 9.59 Å². The Labute approximate surface area is 195 Å². The van der Waals surface area contributed by atoms with Crippen molar-refractivity contribution in [3.8, 4) is 11.1 Å². The van der Waals surface area contributed by atoms with Crippen LogP contribution in [0.4, 0.5) is 0 Å². The lowest BCUT2D eigenvalue weighted by Crippen LogP contribution is -2.38. The van der Waals surface area contributed by atoms with Crippen LogP contribution in [0.3, 0.4) is 0 Å². The molecule has 5 nitrogen and oxygen atoms in total. The predicted molar refractivity (Wildman–Crippen MR) is 130 cm³/mol. The zero-order valence-electron chi connectivity index (χ0n) is 18.8. The molecule has 2 heterocycles. The van der Waals surface area contributed by atoms with Crippen LogP contribution in [-0.2, 0) is 22.4 Å². The van der Waals surface area contributed by atoms with Gasteiger partial charge in [-0.3, -0.25) is 14.6 Å². The van der Waals surface area contributed by atoms with Crippen LogP contribution in [-0.4, -0.2) is 52.8 Å². The van der Waals surface area contributed by atoms with Crippen molar-refractivity contribution in [2.75, 3.05) is 26.2 Å². The SMILES string of the molecule is C=CCN1CCN(C(=O)Cc2cccnc2)C[C@@H](Cc2ccc(-c3ccccc3)cc2)C1=O. The standard InChI is InChI=1S/C28H29N3O2/c1-2-15-30-16-17-31(27(32)19-23-7-6-14-29-20-23)21-26(28(30)33)18-22-10-12-25(13-11-22)24-8-4-3-5-9-24/h2-14,20,26H,1,15-19,21H2/t26-/m1/s1. The summed E-state index contributed by atoms with van der Waals surface area (Å²) in [6, 6.07) is 22.3. The molecule has 3 aromatic rings. The van der Waals surface area contributed by atoms with Gasteiger partial charge in [0.2, 0.25) is 11.8 Å². The molecule has 1 atom stereocenters. The Kier molecular flexibility index (Phi) is 7.30. The van der Waals surface area contributed by atoms with Gasteiger partial charge in [-0.1, -0.05) is 66.7 Å². The number of carbonyl (C=O) groups is 2. The fraction of sp³-hybridized carbons (Fsp3) is 0.250. The second kappa shape index (κ2) is 10.7. The Morgan fingerprint density at radius 2 is 1.73 bits per heavy atom. The lowest BCUT2D eigenvalue weighted by atomic mass is 9.95. The Hall–Kier alpha value is -3.73. The van der Waals surface area contributed by atoms with E-state index in [-0.39, 0.29) is 17.7 Å². The summed E-state index contributed by atoms with van der Waals surface area (Å²) >= 11 is 0. The monoisotopic (exact) mass is 439 g/mol. The molecule has 1 fully saturated rings. The Balaban J connectivity index is 1.50. The minimum absolute atomic E-state index is 0.0284. The van der Waals surface area contributed by atoms with E-state index in [2.05, 4.69) is 48.0 Å². The number of aromatic nitrogens is 1. The minimum atomic E-state index is -0.284. The first-order valence-electron chi connectivity index (χ1n) is 11.3. The molecule has 2 aromatic carbocycles. The van der Waals surface area contributed by atoms with Crippen LogP contribution in [0, 0.1) is 5.92 Å². The van der Waals surface area contributed by atoms with Gasteiger partial charge in [-0.05, 0) is 34.7 Å². The molecule has 0 bridgehead atoms. The molecular weight excluding hydrogens is 410 g/mol. The van der Waals surface area contributed by atoms with Crippen LogP contribution >= 0.6 is 0 Å². The van der Waals surface area contributed by atoms with E-state index in [4.69, 9.17) is 0 Å². The lowest BCUT2D eigenvalue weighted by Gasteiger charge is -2.24. The largest absolute Gasteiger partial charge is 0.340 e. The van der Waals surface area contributed by atoms with Crippen molar-refractivity contribution in [1.29, 1.82) is 0 Å². The maximum Gasteiger partial charge on any atom is 0.228 e. The molecule has 0 unspecified atom stereocenters. The summed E-state index contributed by atoms with van der Waals surface area (Å²) in [5.74, 6) is -0.174. The van der Waals surface area contributed by atoms with E-state index in [0.29, 0.717) is 39.0 Å². The van der Waals surface area contributed by atoms with E-state index < -0.39 is 0 Å². The summed E-state index contributed by atoms with van der Waals surface area (Å²) in [6.07, 6.45) is 6.05. The highest BCUT2D eigenvalue weighted by atomic mass is 16.2. The quantitative estimate of drug-likeness (QED) is 0.523. The highest BCUT2D eigenvalue weighted by Crippen LogP contribution is 2.22. The van der Waals surface area contributed by atoms with Crippen molar-refractivity contribution >= 4 is 11.8 Å². The topological polar surface area (TPSA) is 53.5 Å². The third kappa shape index (κ3) is 5.75. The van der Waals surface area contributed by atoms with Gasteiger partial charge in [-0.25, -0.2) is 0 Å². The van der Waals surface area contributed by atoms with Gasteiger partial charge in [0, 0.05) is 38.6 Å². The number of nitrogens with zero attached hydrogens (tertiary/aromatic N) is 3. The van der Waals surface area contributed by atoms with E-state index in [1.807, 2.05) is 40.1 Å². The number of benzene rings is 2. The Morgan fingerprint density at radius 1 is 0.970 bits per heavy atom. The van der Waals surface area contributed by atoms with Crippen LogP contribution < -0.4 is 0 Å². The Bertz CT molecular complexity index is 1080. The molecule has 0 spiro atoms. The molecule has 5 heteroatoms. The highest BCUT2D eigenvalue weighted by Gasteiger charge is 2.31. The summed E-state index contributed by atoms with van der Waals surface area (Å²) in [6.45, 7) is 5.76. The highest BCUT2D eigenvalue weighted by molar-refractivity contribution is 5.83. The summed E-state index contributed by atoms with van der Waals surface area (Å²) in [5, 5.41) is 0. The normalized spacial score (nSPS) is 16.4.